The van der Waals surface area contributed by atoms with Gasteiger partial charge in [0, 0.05) is 17.7 Å². The van der Waals surface area contributed by atoms with Crippen molar-refractivity contribution in [2.75, 3.05) is 6.61 Å². The van der Waals surface area contributed by atoms with E-state index in [-0.39, 0.29) is 22.7 Å². The molecule has 2 aromatic carbocycles. The fourth-order valence-electron chi connectivity index (χ4n) is 6.21. The molecule has 52 heavy (non-hydrogen) atoms. The second kappa shape index (κ2) is 15.0. The van der Waals surface area contributed by atoms with Gasteiger partial charge in [-0.25, -0.2) is 0 Å². The minimum absolute atomic E-state index is 0.127. The van der Waals surface area contributed by atoms with Gasteiger partial charge in [0.05, 0.1) is 18.8 Å². The van der Waals surface area contributed by atoms with Crippen molar-refractivity contribution in [2.45, 2.75) is 106 Å². The largest absolute Gasteiger partial charge is 0.508 e. The number of aliphatic hydroxyl groups is 8. The molecule has 0 saturated carbocycles. The number of aromatic hydroxyl groups is 3. The van der Waals surface area contributed by atoms with E-state index >= 15 is 0 Å². The van der Waals surface area contributed by atoms with Crippen LogP contribution in [-0.4, -0.2) is 155 Å². The van der Waals surface area contributed by atoms with Gasteiger partial charge in [-0.1, -0.05) is 0 Å². The average Bonchev–Trinajstić information content (AvgIpc) is 3.10. The number of benzene rings is 2. The molecule has 6 unspecified atom stereocenters. The first-order chi connectivity index (χ1) is 24.6. The average molecular weight is 741 g/mol. The van der Waals surface area contributed by atoms with Crippen molar-refractivity contribution in [1.82, 2.24) is 0 Å². The highest BCUT2D eigenvalue weighted by molar-refractivity contribution is 5.88. The highest BCUT2D eigenvalue weighted by atomic mass is 16.7. The molecule has 0 bridgehead atoms. The van der Waals surface area contributed by atoms with E-state index in [1.165, 1.54) is 38.1 Å². The van der Waals surface area contributed by atoms with Crippen LogP contribution in [0.1, 0.15) is 13.8 Å². The Morgan fingerprint density at radius 2 is 1.27 bits per heavy atom. The summed E-state index contributed by atoms with van der Waals surface area (Å²) in [6.45, 7) is 2.16. The summed E-state index contributed by atoms with van der Waals surface area (Å²) in [5, 5.41) is 115. The molecule has 0 radical (unpaired) electrons. The first kappa shape index (κ1) is 38.1. The van der Waals surface area contributed by atoms with Crippen LogP contribution in [-0.2, 0) is 23.7 Å². The van der Waals surface area contributed by atoms with Gasteiger partial charge in [0.25, 0.3) is 0 Å². The molecule has 1 aromatic heterocycles. The number of rotatable bonds is 8. The fraction of sp³-hybridized carbons (Fsp3) is 0.545. The smallest absolute Gasteiger partial charge is 0.239 e. The van der Waals surface area contributed by atoms with Crippen LogP contribution in [0.5, 0.6) is 23.0 Å². The van der Waals surface area contributed by atoms with Crippen molar-refractivity contribution in [2.24, 2.45) is 0 Å². The van der Waals surface area contributed by atoms with Gasteiger partial charge in [-0.05, 0) is 38.1 Å². The molecule has 0 amide bonds. The standard InChI is InChI=1S/C33H40O19/c1-10-19(37)23(41)25(43)32(48-10)51-29-20(38)11(2)47-31(27(29)45)46-9-17-21(39)24(42)26(44)33(50-17)52-30-22(40)18-15(36)7-14(35)8-16(18)49-28(30)12-3-5-13(34)6-4-12/h3-8,10-11,17,19-21,23-27,29,31-39,41-45H,9H2,1-2H3/t10?,11?,17?,19-,20-,21+,23?,24-,25-,26?,27-,29?,31+,32-,33-/m0/s1. The summed E-state index contributed by atoms with van der Waals surface area (Å²) in [6, 6.07) is 7.23. The lowest BCUT2D eigenvalue weighted by Gasteiger charge is -2.46. The molecule has 3 aromatic rings. The number of aliphatic hydroxyl groups excluding tert-OH is 8. The lowest BCUT2D eigenvalue weighted by Crippen LogP contribution is -2.64. The van der Waals surface area contributed by atoms with Crippen molar-refractivity contribution in [1.29, 1.82) is 0 Å². The van der Waals surface area contributed by atoms with E-state index in [9.17, 15) is 61.0 Å². The predicted molar refractivity (Wildman–Crippen MR) is 170 cm³/mol. The summed E-state index contributed by atoms with van der Waals surface area (Å²) < 4.78 is 39.6. The van der Waals surface area contributed by atoms with Crippen molar-refractivity contribution in [3.63, 3.8) is 0 Å². The van der Waals surface area contributed by atoms with E-state index in [0.29, 0.717) is 0 Å². The van der Waals surface area contributed by atoms with Gasteiger partial charge >= 0.3 is 0 Å². The monoisotopic (exact) mass is 740 g/mol. The number of ether oxygens (including phenoxy) is 6. The number of phenolic OH excluding ortho intramolecular Hbond substituents is 3. The Kier molecular flexibility index (Phi) is 11.0. The van der Waals surface area contributed by atoms with Crippen LogP contribution >= 0.6 is 0 Å². The Hall–Kier alpha value is -3.67. The second-order valence-electron chi connectivity index (χ2n) is 12.9. The SMILES string of the molecule is CC1O[C@@H](OC2[C@@H](O)C(C)O[C@@H](OCC3O[C@@H](Oc4c(-c5ccc(O)cc5)oc5cc(O)cc(O)c5c4=O)C(O)[C@@H](O)[C@@H]3O)[C@H]2O)[C@@H](O)C(O)[C@H]1O. The van der Waals surface area contributed by atoms with Crippen LogP contribution in [0.2, 0.25) is 0 Å². The first-order valence-corrected chi connectivity index (χ1v) is 16.2. The molecule has 0 aliphatic carbocycles. The molecule has 3 fully saturated rings. The quantitative estimate of drug-likeness (QED) is 0.113. The van der Waals surface area contributed by atoms with E-state index in [0.717, 1.165) is 12.1 Å². The Balaban J connectivity index is 1.22. The normalized spacial score (nSPS) is 38.3. The summed E-state index contributed by atoms with van der Waals surface area (Å²) in [4.78, 5) is 13.7. The maximum Gasteiger partial charge on any atom is 0.239 e. The summed E-state index contributed by atoms with van der Waals surface area (Å²) in [5.41, 5.74) is -1.06. The molecule has 0 spiro atoms. The van der Waals surface area contributed by atoms with E-state index in [1.807, 2.05) is 0 Å². The Labute approximate surface area is 293 Å². The molecular weight excluding hydrogens is 700 g/mol. The van der Waals surface area contributed by atoms with Crippen LogP contribution in [0.4, 0.5) is 0 Å². The van der Waals surface area contributed by atoms with Gasteiger partial charge in [0.15, 0.2) is 18.3 Å². The van der Waals surface area contributed by atoms with Gasteiger partial charge in [0.1, 0.15) is 89.3 Å². The zero-order valence-corrected chi connectivity index (χ0v) is 27.5. The molecule has 19 nitrogen and oxygen atoms in total. The topological polar surface area (TPSA) is 308 Å². The highest BCUT2D eigenvalue weighted by Crippen LogP contribution is 2.38. The fourth-order valence-corrected chi connectivity index (χ4v) is 6.21. The third-order valence-corrected chi connectivity index (χ3v) is 9.26. The molecule has 15 atom stereocenters. The molecule has 286 valence electrons. The zero-order chi connectivity index (χ0) is 37.8. The minimum Gasteiger partial charge on any atom is -0.508 e. The number of hydrogen-bond acceptors (Lipinski definition) is 19. The number of fused-ring (bicyclic) bond motifs is 1. The molecule has 6 rings (SSSR count). The van der Waals surface area contributed by atoms with Gasteiger partial charge < -0.3 is 89.0 Å². The van der Waals surface area contributed by atoms with E-state index in [2.05, 4.69) is 0 Å². The van der Waals surface area contributed by atoms with Crippen LogP contribution in [0.25, 0.3) is 22.3 Å². The second-order valence-corrected chi connectivity index (χ2v) is 12.9. The van der Waals surface area contributed by atoms with Crippen LogP contribution in [0, 0.1) is 0 Å². The van der Waals surface area contributed by atoms with E-state index < -0.39 is 127 Å². The van der Waals surface area contributed by atoms with Crippen LogP contribution in [0.15, 0.2) is 45.6 Å². The zero-order valence-electron chi connectivity index (χ0n) is 27.5. The Bertz CT molecular complexity index is 1770. The number of phenols is 3. The third kappa shape index (κ3) is 7.16. The predicted octanol–water partition coefficient (Wildman–Crippen LogP) is -2.54. The van der Waals surface area contributed by atoms with Crippen LogP contribution < -0.4 is 10.2 Å². The molecule has 3 aliphatic heterocycles. The lowest BCUT2D eigenvalue weighted by atomic mass is 9.97. The van der Waals surface area contributed by atoms with Crippen LogP contribution in [0.3, 0.4) is 0 Å². The van der Waals surface area contributed by atoms with Crippen molar-refractivity contribution < 1.29 is 89.0 Å². The molecule has 3 aliphatic rings. The maximum absolute atomic E-state index is 13.7. The molecule has 4 heterocycles. The summed E-state index contributed by atoms with van der Waals surface area (Å²) in [7, 11) is 0. The molecular formula is C33H40O19. The maximum atomic E-state index is 13.7. The van der Waals surface area contributed by atoms with E-state index in [1.54, 1.807) is 0 Å². The summed E-state index contributed by atoms with van der Waals surface area (Å²) >= 11 is 0. The van der Waals surface area contributed by atoms with Gasteiger partial charge in [-0.2, -0.15) is 0 Å². The van der Waals surface area contributed by atoms with Gasteiger partial charge in [0.2, 0.25) is 17.5 Å². The molecule has 3 saturated heterocycles. The molecule has 19 heteroatoms. The lowest BCUT2D eigenvalue weighted by molar-refractivity contribution is -0.358. The minimum atomic E-state index is -1.98. The third-order valence-electron chi connectivity index (χ3n) is 9.26. The Morgan fingerprint density at radius 3 is 1.96 bits per heavy atom. The first-order valence-electron chi connectivity index (χ1n) is 16.2. The van der Waals surface area contributed by atoms with Crippen molar-refractivity contribution in [3.8, 4) is 34.3 Å². The summed E-state index contributed by atoms with van der Waals surface area (Å²) in [5.74, 6) is -2.13. The van der Waals surface area contributed by atoms with Crippen molar-refractivity contribution in [3.05, 3.63) is 46.6 Å². The molecule has 11 N–H and O–H groups in total. The van der Waals surface area contributed by atoms with Crippen molar-refractivity contribution >= 4 is 11.0 Å². The number of hydrogen-bond donors (Lipinski definition) is 11. The van der Waals surface area contributed by atoms with E-state index in [4.69, 9.17) is 32.8 Å². The van der Waals surface area contributed by atoms with Gasteiger partial charge in [-0.15, -0.1) is 0 Å². The highest BCUT2D eigenvalue weighted by Gasteiger charge is 2.51. The summed E-state index contributed by atoms with van der Waals surface area (Å²) in [6.07, 6.45) is -24.1. The van der Waals surface area contributed by atoms with Gasteiger partial charge in [-0.3, -0.25) is 4.79 Å². The Morgan fingerprint density at radius 1 is 0.654 bits per heavy atom.